The van der Waals surface area contributed by atoms with Crippen molar-refractivity contribution in [1.29, 1.82) is 0 Å². The van der Waals surface area contributed by atoms with E-state index >= 15 is 0 Å². The molecule has 0 fully saturated rings. The fourth-order valence-corrected chi connectivity index (χ4v) is 1.71. The van der Waals surface area contributed by atoms with E-state index in [9.17, 15) is 9.90 Å². The summed E-state index contributed by atoms with van der Waals surface area (Å²) in [6, 6.07) is 1.36. The number of hydrogen-bond donors (Lipinski definition) is 2. The molecular weight excluding hydrogens is 218 g/mol. The maximum Gasteiger partial charge on any atom is 0.267 e. The van der Waals surface area contributed by atoms with E-state index in [1.165, 1.54) is 16.7 Å². The normalized spacial score (nSPS) is 10.8. The number of nitrogens with zero attached hydrogens (tertiary/aromatic N) is 2. The summed E-state index contributed by atoms with van der Waals surface area (Å²) in [5, 5.41) is 9.86. The highest BCUT2D eigenvalue weighted by Crippen LogP contribution is 2.24. The Balaban J connectivity index is 2.93. The zero-order chi connectivity index (χ0) is 11.2. The van der Waals surface area contributed by atoms with Gasteiger partial charge in [-0.2, -0.15) is 0 Å². The van der Waals surface area contributed by atoms with E-state index in [0.29, 0.717) is 10.7 Å². The van der Waals surface area contributed by atoms with Gasteiger partial charge in [-0.05, 0) is 6.92 Å². The number of pyridine rings is 1. The average Bonchev–Trinajstić information content (AvgIpc) is 2.41. The lowest BCUT2D eigenvalue weighted by atomic mass is 10.3. The Kier molecular flexibility index (Phi) is 2.04. The quantitative estimate of drug-likeness (QED) is 0.763. The molecule has 2 heterocycles. The Bertz CT molecular complexity index is 562. The number of rotatable bonds is 1. The van der Waals surface area contributed by atoms with Crippen LogP contribution in [0.1, 0.15) is 16.2 Å². The van der Waals surface area contributed by atoms with Gasteiger partial charge in [-0.25, -0.2) is 4.98 Å². The summed E-state index contributed by atoms with van der Waals surface area (Å²) in [4.78, 5) is 15.2. The van der Waals surface area contributed by atoms with Crippen LogP contribution in [-0.4, -0.2) is 20.4 Å². The molecule has 0 aliphatic heterocycles. The summed E-state index contributed by atoms with van der Waals surface area (Å²) in [5.41, 5.74) is 6.15. The minimum atomic E-state index is -0.610. The summed E-state index contributed by atoms with van der Waals surface area (Å²) in [5.74, 6) is -0.695. The summed E-state index contributed by atoms with van der Waals surface area (Å²) >= 11 is 5.75. The third-order valence-electron chi connectivity index (χ3n) is 2.07. The van der Waals surface area contributed by atoms with Crippen LogP contribution < -0.4 is 5.73 Å². The van der Waals surface area contributed by atoms with E-state index in [-0.39, 0.29) is 17.1 Å². The Labute approximate surface area is 90.1 Å². The van der Waals surface area contributed by atoms with Crippen molar-refractivity contribution in [2.75, 3.05) is 0 Å². The first-order valence-corrected chi connectivity index (χ1v) is 4.55. The molecule has 15 heavy (non-hydrogen) atoms. The van der Waals surface area contributed by atoms with E-state index in [1.54, 1.807) is 6.92 Å². The minimum Gasteiger partial charge on any atom is -0.504 e. The zero-order valence-electron chi connectivity index (χ0n) is 7.86. The predicted molar refractivity (Wildman–Crippen MR) is 55.1 cm³/mol. The van der Waals surface area contributed by atoms with Crippen molar-refractivity contribution in [2.45, 2.75) is 6.92 Å². The van der Waals surface area contributed by atoms with Gasteiger partial charge in [0.2, 0.25) is 0 Å². The lowest BCUT2D eigenvalue weighted by Crippen LogP contribution is -2.15. The molecule has 0 saturated heterocycles. The van der Waals surface area contributed by atoms with Gasteiger partial charge in [0.05, 0.1) is 10.7 Å². The van der Waals surface area contributed by atoms with Gasteiger partial charge in [-0.15, -0.1) is 0 Å². The molecule has 0 unspecified atom stereocenters. The van der Waals surface area contributed by atoms with E-state index < -0.39 is 5.91 Å². The van der Waals surface area contributed by atoms with Crippen LogP contribution in [0.5, 0.6) is 5.75 Å². The van der Waals surface area contributed by atoms with Gasteiger partial charge < -0.3 is 10.8 Å². The van der Waals surface area contributed by atoms with Gasteiger partial charge in [0, 0.05) is 12.3 Å². The summed E-state index contributed by atoms with van der Waals surface area (Å²) in [6.45, 7) is 1.64. The van der Waals surface area contributed by atoms with Crippen LogP contribution >= 0.6 is 11.6 Å². The molecule has 1 amide bonds. The molecule has 6 heteroatoms. The summed E-state index contributed by atoms with van der Waals surface area (Å²) < 4.78 is 1.38. The number of aryl methyl sites for hydroxylation is 1. The molecule has 3 N–H and O–H groups in total. The first-order valence-electron chi connectivity index (χ1n) is 4.17. The number of amides is 1. The number of primary amides is 1. The SMILES string of the molecule is Cc1nc2c(O)cc(Cl)cn2c1C(N)=O. The van der Waals surface area contributed by atoms with Gasteiger partial charge in [0.25, 0.3) is 5.91 Å². The highest BCUT2D eigenvalue weighted by Gasteiger charge is 2.16. The number of nitrogens with two attached hydrogens (primary N) is 1. The van der Waals surface area contributed by atoms with Crippen molar-refractivity contribution in [3.8, 4) is 5.75 Å². The lowest BCUT2D eigenvalue weighted by molar-refractivity contribution is 0.0994. The predicted octanol–water partition coefficient (Wildman–Crippen LogP) is 1.10. The topological polar surface area (TPSA) is 80.6 Å². The maximum absolute atomic E-state index is 11.2. The number of fused-ring (bicyclic) bond motifs is 1. The molecule has 0 saturated carbocycles. The average molecular weight is 226 g/mol. The third-order valence-corrected chi connectivity index (χ3v) is 2.28. The zero-order valence-corrected chi connectivity index (χ0v) is 8.62. The molecule has 0 atom stereocenters. The molecule has 2 aromatic heterocycles. The van der Waals surface area contributed by atoms with Crippen molar-refractivity contribution in [2.24, 2.45) is 5.73 Å². The molecule has 0 radical (unpaired) electrons. The Hall–Kier alpha value is -1.75. The summed E-state index contributed by atoms with van der Waals surface area (Å²) in [7, 11) is 0. The van der Waals surface area contributed by atoms with Crippen LogP contribution in [0, 0.1) is 6.92 Å². The monoisotopic (exact) mass is 225 g/mol. The van der Waals surface area contributed by atoms with Crippen LogP contribution in [0.4, 0.5) is 0 Å². The van der Waals surface area contributed by atoms with Gasteiger partial charge in [0.15, 0.2) is 11.4 Å². The number of halogens is 1. The lowest BCUT2D eigenvalue weighted by Gasteiger charge is -2.00. The number of imidazole rings is 1. The van der Waals surface area contributed by atoms with Gasteiger partial charge in [-0.3, -0.25) is 9.20 Å². The second kappa shape index (κ2) is 3.13. The third kappa shape index (κ3) is 1.41. The molecule has 5 nitrogen and oxygen atoms in total. The van der Waals surface area contributed by atoms with Crippen LogP contribution in [0.3, 0.4) is 0 Å². The Morgan fingerprint density at radius 3 is 2.93 bits per heavy atom. The fourth-order valence-electron chi connectivity index (χ4n) is 1.51. The second-order valence-electron chi connectivity index (χ2n) is 3.15. The van der Waals surface area contributed by atoms with Crippen molar-refractivity contribution in [1.82, 2.24) is 9.38 Å². The molecule has 0 bridgehead atoms. The van der Waals surface area contributed by atoms with Crippen LogP contribution in [0.15, 0.2) is 12.3 Å². The maximum atomic E-state index is 11.2. The molecular formula is C9H8ClN3O2. The van der Waals surface area contributed by atoms with Crippen LogP contribution in [-0.2, 0) is 0 Å². The molecule has 0 aromatic carbocycles. The highest BCUT2D eigenvalue weighted by atomic mass is 35.5. The van der Waals surface area contributed by atoms with Gasteiger partial charge >= 0.3 is 0 Å². The van der Waals surface area contributed by atoms with Gasteiger partial charge in [-0.1, -0.05) is 11.6 Å². The van der Waals surface area contributed by atoms with Crippen LogP contribution in [0.2, 0.25) is 5.02 Å². The molecule has 2 rings (SSSR count). The number of carbonyl (C=O) groups is 1. The number of aromatic nitrogens is 2. The molecule has 0 aliphatic rings. The first kappa shape index (κ1) is 9.79. The van der Waals surface area contributed by atoms with Crippen molar-refractivity contribution < 1.29 is 9.90 Å². The largest absolute Gasteiger partial charge is 0.504 e. The van der Waals surface area contributed by atoms with E-state index in [1.807, 2.05) is 0 Å². The smallest absolute Gasteiger partial charge is 0.267 e. The molecule has 78 valence electrons. The van der Waals surface area contributed by atoms with Crippen LogP contribution in [0.25, 0.3) is 5.65 Å². The molecule has 0 spiro atoms. The van der Waals surface area contributed by atoms with Gasteiger partial charge in [0.1, 0.15) is 5.69 Å². The second-order valence-corrected chi connectivity index (χ2v) is 3.58. The van der Waals surface area contributed by atoms with E-state index in [2.05, 4.69) is 4.98 Å². The number of aromatic hydroxyl groups is 1. The Morgan fingerprint density at radius 2 is 2.33 bits per heavy atom. The van der Waals surface area contributed by atoms with E-state index in [4.69, 9.17) is 17.3 Å². The Morgan fingerprint density at radius 1 is 1.67 bits per heavy atom. The van der Waals surface area contributed by atoms with Crippen molar-refractivity contribution in [3.05, 3.63) is 28.7 Å². The highest BCUT2D eigenvalue weighted by molar-refractivity contribution is 6.30. The van der Waals surface area contributed by atoms with Crippen molar-refractivity contribution in [3.63, 3.8) is 0 Å². The minimum absolute atomic E-state index is 0.0851. The molecule has 0 aliphatic carbocycles. The number of carbonyl (C=O) groups excluding carboxylic acids is 1. The standard InChI is InChI=1S/C9H8ClN3O2/c1-4-7(8(11)15)13-3-5(10)2-6(14)9(13)12-4/h2-3,14H,1H3,(H2,11,15). The summed E-state index contributed by atoms with van der Waals surface area (Å²) in [6.07, 6.45) is 1.48. The molecule has 2 aromatic rings. The van der Waals surface area contributed by atoms with Crippen molar-refractivity contribution >= 4 is 23.2 Å². The number of hydrogen-bond acceptors (Lipinski definition) is 3. The fraction of sp³-hybridized carbons (Fsp3) is 0.111. The van der Waals surface area contributed by atoms with E-state index in [0.717, 1.165) is 0 Å². The first-order chi connectivity index (χ1) is 7.00.